The molecule has 1 heterocycles. The maximum absolute atomic E-state index is 3.62. The molecule has 0 amide bonds. The first-order chi connectivity index (χ1) is 9.22. The molecule has 1 aromatic rings. The predicted octanol–water partition coefficient (Wildman–Crippen LogP) is 3.70. The molecule has 2 heteroatoms. The quantitative estimate of drug-likeness (QED) is 0.785. The Morgan fingerprint density at radius 3 is 2.63 bits per heavy atom. The third kappa shape index (κ3) is 2.79. The highest BCUT2D eigenvalue weighted by Crippen LogP contribution is 2.42. The highest BCUT2D eigenvalue weighted by molar-refractivity contribution is 5.63. The number of hydrogen-bond acceptors (Lipinski definition) is 2. The van der Waals surface area contributed by atoms with Crippen molar-refractivity contribution in [2.75, 3.05) is 24.5 Å². The smallest absolute Gasteiger partial charge is 0.0405 e. The summed E-state index contributed by atoms with van der Waals surface area (Å²) >= 11 is 0. The Balaban J connectivity index is 2.27. The Bertz CT molecular complexity index is 414. The largest absolute Gasteiger partial charge is 0.368 e. The van der Waals surface area contributed by atoms with Crippen molar-refractivity contribution in [1.82, 2.24) is 5.32 Å². The average Bonchev–Trinajstić information content (AvgIpc) is 2.71. The Morgan fingerprint density at radius 2 is 2.00 bits per heavy atom. The van der Waals surface area contributed by atoms with E-state index in [1.54, 1.807) is 5.56 Å². The minimum atomic E-state index is 0.645. The van der Waals surface area contributed by atoms with E-state index in [4.69, 9.17) is 0 Å². The molecule has 1 aromatic carbocycles. The Labute approximate surface area is 118 Å². The topological polar surface area (TPSA) is 15.3 Å². The molecule has 1 aliphatic rings. The molecule has 2 atom stereocenters. The lowest BCUT2D eigenvalue weighted by Gasteiger charge is -2.28. The summed E-state index contributed by atoms with van der Waals surface area (Å²) in [5.41, 5.74) is 4.40. The molecule has 2 nitrogen and oxygen atoms in total. The van der Waals surface area contributed by atoms with Crippen molar-refractivity contribution in [3.05, 3.63) is 29.3 Å². The first-order valence-electron chi connectivity index (χ1n) is 7.80. The van der Waals surface area contributed by atoms with Gasteiger partial charge in [0.15, 0.2) is 0 Å². The van der Waals surface area contributed by atoms with Gasteiger partial charge in [-0.15, -0.1) is 0 Å². The monoisotopic (exact) mass is 260 g/mol. The van der Waals surface area contributed by atoms with Gasteiger partial charge in [-0.05, 0) is 44.9 Å². The number of rotatable bonds is 6. The molecule has 0 saturated carbocycles. The van der Waals surface area contributed by atoms with E-state index in [9.17, 15) is 0 Å². The molecule has 2 unspecified atom stereocenters. The van der Waals surface area contributed by atoms with Gasteiger partial charge in [0.05, 0.1) is 0 Å². The van der Waals surface area contributed by atoms with E-state index in [1.807, 2.05) is 0 Å². The van der Waals surface area contributed by atoms with Crippen LogP contribution in [0.1, 0.15) is 50.7 Å². The molecule has 0 bridgehead atoms. The molecule has 0 fully saturated rings. The van der Waals surface area contributed by atoms with Crippen LogP contribution in [0.5, 0.6) is 0 Å². The van der Waals surface area contributed by atoms with Crippen molar-refractivity contribution in [2.24, 2.45) is 0 Å². The zero-order valence-electron chi connectivity index (χ0n) is 12.9. The van der Waals surface area contributed by atoms with Gasteiger partial charge < -0.3 is 10.2 Å². The van der Waals surface area contributed by atoms with Crippen LogP contribution in [0.15, 0.2) is 18.2 Å². The van der Waals surface area contributed by atoms with Crippen LogP contribution in [-0.4, -0.2) is 25.7 Å². The lowest BCUT2D eigenvalue weighted by Crippen LogP contribution is -2.37. The van der Waals surface area contributed by atoms with Gasteiger partial charge in [-0.1, -0.05) is 31.5 Å². The van der Waals surface area contributed by atoms with Crippen LogP contribution >= 0.6 is 0 Å². The van der Waals surface area contributed by atoms with Gasteiger partial charge in [0.2, 0.25) is 0 Å². The standard InChI is InChI=1S/C17H28N2/c1-5-10-18-12-15-14-11-13(4)8-9-17(14)19(7-3)16(15)6-2/h8-9,11,15-16,18H,5-7,10,12H2,1-4H3. The fraction of sp³-hybridized carbons (Fsp3) is 0.647. The highest BCUT2D eigenvalue weighted by Gasteiger charge is 2.35. The molecule has 0 aromatic heterocycles. The van der Waals surface area contributed by atoms with E-state index in [2.05, 4.69) is 56.1 Å². The first-order valence-corrected chi connectivity index (χ1v) is 7.80. The molecule has 0 spiro atoms. The second kappa shape index (κ2) is 6.42. The maximum Gasteiger partial charge on any atom is 0.0405 e. The number of fused-ring (bicyclic) bond motifs is 1. The molecular formula is C17H28N2. The Hall–Kier alpha value is -1.02. The van der Waals surface area contributed by atoms with Crippen LogP contribution in [0, 0.1) is 6.92 Å². The molecule has 19 heavy (non-hydrogen) atoms. The molecule has 0 aliphatic carbocycles. The van der Waals surface area contributed by atoms with Gasteiger partial charge >= 0.3 is 0 Å². The van der Waals surface area contributed by atoms with Crippen molar-refractivity contribution >= 4 is 5.69 Å². The summed E-state index contributed by atoms with van der Waals surface area (Å²) in [6.45, 7) is 12.4. The fourth-order valence-electron chi connectivity index (χ4n) is 3.43. The van der Waals surface area contributed by atoms with Gasteiger partial charge in [0, 0.05) is 30.7 Å². The second-order valence-corrected chi connectivity index (χ2v) is 5.63. The number of aryl methyl sites for hydroxylation is 1. The van der Waals surface area contributed by atoms with Crippen molar-refractivity contribution in [1.29, 1.82) is 0 Å². The van der Waals surface area contributed by atoms with Crippen LogP contribution in [0.4, 0.5) is 5.69 Å². The van der Waals surface area contributed by atoms with Gasteiger partial charge in [-0.3, -0.25) is 0 Å². The number of anilines is 1. The van der Waals surface area contributed by atoms with Crippen LogP contribution in [-0.2, 0) is 0 Å². The maximum atomic E-state index is 3.62. The first kappa shape index (κ1) is 14.4. The van der Waals surface area contributed by atoms with Gasteiger partial charge in [0.1, 0.15) is 0 Å². The van der Waals surface area contributed by atoms with Crippen molar-refractivity contribution < 1.29 is 0 Å². The highest BCUT2D eigenvalue weighted by atomic mass is 15.2. The van der Waals surface area contributed by atoms with Crippen LogP contribution in [0.3, 0.4) is 0 Å². The second-order valence-electron chi connectivity index (χ2n) is 5.63. The Kier molecular flexibility index (Phi) is 4.87. The van der Waals surface area contributed by atoms with E-state index in [-0.39, 0.29) is 0 Å². The number of nitrogens with one attached hydrogen (secondary N) is 1. The lowest BCUT2D eigenvalue weighted by molar-refractivity contribution is 0.482. The van der Waals surface area contributed by atoms with Crippen LogP contribution in [0.2, 0.25) is 0 Å². The minimum Gasteiger partial charge on any atom is -0.368 e. The molecule has 2 rings (SSSR count). The van der Waals surface area contributed by atoms with Crippen LogP contribution < -0.4 is 10.2 Å². The zero-order chi connectivity index (χ0) is 13.8. The number of likely N-dealkylation sites (N-methyl/N-ethyl adjacent to an activating group) is 1. The summed E-state index contributed by atoms with van der Waals surface area (Å²) in [5, 5.41) is 3.62. The minimum absolute atomic E-state index is 0.645. The zero-order valence-corrected chi connectivity index (χ0v) is 12.9. The van der Waals surface area contributed by atoms with E-state index in [1.165, 1.54) is 24.1 Å². The summed E-state index contributed by atoms with van der Waals surface area (Å²) in [5.74, 6) is 0.645. The number of benzene rings is 1. The van der Waals surface area contributed by atoms with Crippen molar-refractivity contribution in [3.8, 4) is 0 Å². The van der Waals surface area contributed by atoms with E-state index in [0.717, 1.165) is 19.6 Å². The van der Waals surface area contributed by atoms with Gasteiger partial charge in [-0.2, -0.15) is 0 Å². The average molecular weight is 260 g/mol. The molecule has 0 saturated heterocycles. The number of nitrogens with zero attached hydrogens (tertiary/aromatic N) is 1. The van der Waals surface area contributed by atoms with E-state index in [0.29, 0.717) is 12.0 Å². The van der Waals surface area contributed by atoms with Gasteiger partial charge in [-0.25, -0.2) is 0 Å². The third-order valence-corrected chi connectivity index (χ3v) is 4.31. The van der Waals surface area contributed by atoms with E-state index >= 15 is 0 Å². The lowest BCUT2D eigenvalue weighted by atomic mass is 9.92. The molecule has 1 aliphatic heterocycles. The normalized spacial score (nSPS) is 21.8. The summed E-state index contributed by atoms with van der Waals surface area (Å²) in [6.07, 6.45) is 2.43. The summed E-state index contributed by atoms with van der Waals surface area (Å²) in [7, 11) is 0. The summed E-state index contributed by atoms with van der Waals surface area (Å²) in [6, 6.07) is 7.62. The Morgan fingerprint density at radius 1 is 1.21 bits per heavy atom. The molecule has 1 N–H and O–H groups in total. The predicted molar refractivity (Wildman–Crippen MR) is 84.2 cm³/mol. The third-order valence-electron chi connectivity index (χ3n) is 4.31. The SMILES string of the molecule is CCCNCC1c2cc(C)ccc2N(CC)C1CC. The fourth-order valence-corrected chi connectivity index (χ4v) is 3.43. The number of hydrogen-bond donors (Lipinski definition) is 1. The molecule has 106 valence electrons. The van der Waals surface area contributed by atoms with E-state index < -0.39 is 0 Å². The van der Waals surface area contributed by atoms with Crippen LogP contribution in [0.25, 0.3) is 0 Å². The molecular weight excluding hydrogens is 232 g/mol. The summed E-state index contributed by atoms with van der Waals surface area (Å²) < 4.78 is 0. The van der Waals surface area contributed by atoms with Crippen molar-refractivity contribution in [3.63, 3.8) is 0 Å². The van der Waals surface area contributed by atoms with Gasteiger partial charge in [0.25, 0.3) is 0 Å². The van der Waals surface area contributed by atoms with Crippen molar-refractivity contribution in [2.45, 2.75) is 52.5 Å². The molecule has 0 radical (unpaired) electrons. The summed E-state index contributed by atoms with van der Waals surface area (Å²) in [4.78, 5) is 2.59.